The third-order valence-electron chi connectivity index (χ3n) is 3.09. The Morgan fingerprint density at radius 3 is 2.60 bits per heavy atom. The van der Waals surface area contributed by atoms with E-state index in [9.17, 15) is 4.39 Å². The van der Waals surface area contributed by atoms with E-state index < -0.39 is 0 Å². The minimum atomic E-state index is -0.297. The van der Waals surface area contributed by atoms with Crippen molar-refractivity contribution in [1.82, 2.24) is 5.32 Å². The topological polar surface area (TPSA) is 21.3 Å². The van der Waals surface area contributed by atoms with Crippen LogP contribution in [-0.2, 0) is 0 Å². The average Bonchev–Trinajstić information content (AvgIpc) is 2.43. The summed E-state index contributed by atoms with van der Waals surface area (Å²) in [5, 5.41) is 3.61. The fourth-order valence-corrected chi connectivity index (χ4v) is 2.96. The lowest BCUT2D eigenvalue weighted by atomic mass is 9.98. The molecule has 0 bridgehead atoms. The predicted molar refractivity (Wildman–Crippen MR) is 83.0 cm³/mol. The molecule has 0 saturated heterocycles. The molecule has 2 nitrogen and oxygen atoms in total. The zero-order valence-corrected chi connectivity index (χ0v) is 13.4. The Morgan fingerprint density at radius 2 is 2.05 bits per heavy atom. The second-order valence-corrected chi connectivity index (χ2v) is 5.51. The molecular weight excluding hydrogens is 345 g/mol. The number of methoxy groups -OCH3 is 1. The van der Waals surface area contributed by atoms with Crippen LogP contribution < -0.4 is 10.1 Å². The van der Waals surface area contributed by atoms with Crippen molar-refractivity contribution in [3.63, 3.8) is 0 Å². The Bertz CT molecular complexity index is 601. The van der Waals surface area contributed by atoms with Gasteiger partial charge in [-0.25, -0.2) is 4.39 Å². The van der Waals surface area contributed by atoms with Crippen LogP contribution in [0.25, 0.3) is 0 Å². The monoisotopic (exact) mass is 357 g/mol. The Kier molecular flexibility index (Phi) is 5.02. The number of nitrogens with one attached hydrogen (secondary N) is 1. The lowest BCUT2D eigenvalue weighted by Gasteiger charge is -2.20. The van der Waals surface area contributed by atoms with Gasteiger partial charge in [0.25, 0.3) is 0 Å². The highest BCUT2D eigenvalue weighted by molar-refractivity contribution is 9.10. The van der Waals surface area contributed by atoms with Crippen LogP contribution in [0.5, 0.6) is 5.75 Å². The first-order valence-electron chi connectivity index (χ1n) is 6.03. The van der Waals surface area contributed by atoms with Crippen molar-refractivity contribution in [3.8, 4) is 5.75 Å². The van der Waals surface area contributed by atoms with Gasteiger partial charge in [-0.05, 0) is 36.9 Å². The Balaban J connectivity index is 2.50. The number of ether oxygens (including phenoxy) is 1. The van der Waals surface area contributed by atoms with E-state index >= 15 is 0 Å². The highest BCUT2D eigenvalue weighted by Crippen LogP contribution is 2.34. The summed E-state index contributed by atoms with van der Waals surface area (Å²) in [5.41, 5.74) is 1.42. The molecule has 0 amide bonds. The summed E-state index contributed by atoms with van der Waals surface area (Å²) in [5.74, 6) is 0.323. The van der Waals surface area contributed by atoms with Crippen LogP contribution in [0, 0.1) is 5.82 Å². The maximum Gasteiger partial charge on any atom is 0.137 e. The van der Waals surface area contributed by atoms with Gasteiger partial charge >= 0.3 is 0 Å². The van der Waals surface area contributed by atoms with E-state index in [4.69, 9.17) is 16.3 Å². The fourth-order valence-electron chi connectivity index (χ4n) is 2.13. The lowest BCUT2D eigenvalue weighted by Crippen LogP contribution is -2.19. The Labute approximate surface area is 131 Å². The van der Waals surface area contributed by atoms with Crippen LogP contribution >= 0.6 is 27.5 Å². The smallest absolute Gasteiger partial charge is 0.137 e. The van der Waals surface area contributed by atoms with Crippen molar-refractivity contribution in [2.45, 2.75) is 6.04 Å². The summed E-state index contributed by atoms with van der Waals surface area (Å²) >= 11 is 9.53. The van der Waals surface area contributed by atoms with Gasteiger partial charge in [-0.2, -0.15) is 0 Å². The van der Waals surface area contributed by atoms with Gasteiger partial charge in [0.05, 0.1) is 18.2 Å². The van der Waals surface area contributed by atoms with Gasteiger partial charge in [0.1, 0.15) is 11.6 Å². The molecule has 0 aromatic heterocycles. The van der Waals surface area contributed by atoms with E-state index in [1.807, 2.05) is 12.1 Å². The van der Waals surface area contributed by atoms with Crippen molar-refractivity contribution in [2.24, 2.45) is 0 Å². The van der Waals surface area contributed by atoms with Crippen LogP contribution in [0.3, 0.4) is 0 Å². The molecule has 0 aliphatic heterocycles. The third-order valence-corrected chi connectivity index (χ3v) is 4.07. The second-order valence-electron chi connectivity index (χ2n) is 4.25. The number of rotatable bonds is 4. The van der Waals surface area contributed by atoms with Crippen LogP contribution in [0.15, 0.2) is 40.9 Å². The summed E-state index contributed by atoms with van der Waals surface area (Å²) in [6, 6.07) is 10.0. The Hall–Kier alpha value is -1.10. The molecule has 0 aliphatic carbocycles. The summed E-state index contributed by atoms with van der Waals surface area (Å²) in [7, 11) is 3.34. The van der Waals surface area contributed by atoms with E-state index in [1.165, 1.54) is 6.07 Å². The molecule has 2 rings (SSSR count). The molecule has 0 radical (unpaired) electrons. The summed E-state index contributed by atoms with van der Waals surface area (Å²) in [4.78, 5) is 0. The maximum absolute atomic E-state index is 14.1. The van der Waals surface area contributed by atoms with Gasteiger partial charge in [-0.15, -0.1) is 0 Å². The molecule has 20 heavy (non-hydrogen) atoms. The molecule has 0 aliphatic rings. The van der Waals surface area contributed by atoms with Crippen LogP contribution in [-0.4, -0.2) is 14.2 Å². The summed E-state index contributed by atoms with van der Waals surface area (Å²) in [6.45, 7) is 0. The zero-order valence-electron chi connectivity index (χ0n) is 11.1. The van der Waals surface area contributed by atoms with Crippen molar-refractivity contribution in [2.75, 3.05) is 14.2 Å². The molecular formula is C15H14BrClFNO. The van der Waals surface area contributed by atoms with Crippen molar-refractivity contribution in [3.05, 3.63) is 62.8 Å². The number of halogens is 3. The van der Waals surface area contributed by atoms with E-state index in [1.54, 1.807) is 32.4 Å². The molecule has 0 heterocycles. The maximum atomic E-state index is 14.1. The minimum Gasteiger partial charge on any atom is -0.495 e. The molecule has 1 N–H and O–H groups in total. The van der Waals surface area contributed by atoms with Gasteiger partial charge in [-0.3, -0.25) is 0 Å². The van der Waals surface area contributed by atoms with Crippen molar-refractivity contribution >= 4 is 27.5 Å². The predicted octanol–water partition coefficient (Wildman–Crippen LogP) is 4.56. The molecule has 2 aromatic rings. The van der Waals surface area contributed by atoms with E-state index in [2.05, 4.69) is 21.2 Å². The SMILES string of the molecule is CNC(c1ccc(OC)c(Cl)c1)c1c(F)cccc1Br. The molecule has 5 heteroatoms. The van der Waals surface area contributed by atoms with E-state index in [-0.39, 0.29) is 11.9 Å². The molecule has 106 valence electrons. The van der Waals surface area contributed by atoms with Crippen LogP contribution in [0.4, 0.5) is 4.39 Å². The highest BCUT2D eigenvalue weighted by atomic mass is 79.9. The first-order valence-corrected chi connectivity index (χ1v) is 7.20. The van der Waals surface area contributed by atoms with Crippen molar-refractivity contribution in [1.29, 1.82) is 0 Å². The summed E-state index contributed by atoms with van der Waals surface area (Å²) in [6.07, 6.45) is 0. The van der Waals surface area contributed by atoms with Crippen LogP contribution in [0.1, 0.15) is 17.2 Å². The van der Waals surface area contributed by atoms with Gasteiger partial charge in [0.15, 0.2) is 0 Å². The lowest BCUT2D eigenvalue weighted by molar-refractivity contribution is 0.414. The van der Waals surface area contributed by atoms with E-state index in [0.717, 1.165) is 5.56 Å². The number of hydrogen-bond donors (Lipinski definition) is 1. The van der Waals surface area contributed by atoms with Crippen molar-refractivity contribution < 1.29 is 9.13 Å². The second kappa shape index (κ2) is 6.57. The third kappa shape index (κ3) is 2.97. The van der Waals surface area contributed by atoms with E-state index in [0.29, 0.717) is 20.8 Å². The largest absolute Gasteiger partial charge is 0.495 e. The van der Waals surface area contributed by atoms with Crippen LogP contribution in [0.2, 0.25) is 5.02 Å². The summed E-state index contributed by atoms with van der Waals surface area (Å²) < 4.78 is 19.9. The molecule has 1 unspecified atom stereocenters. The van der Waals surface area contributed by atoms with Gasteiger partial charge < -0.3 is 10.1 Å². The zero-order chi connectivity index (χ0) is 14.7. The number of benzene rings is 2. The minimum absolute atomic E-state index is 0.273. The first-order chi connectivity index (χ1) is 9.58. The standard InChI is InChI=1S/C15H14BrClFNO/c1-19-15(14-10(16)4-3-5-12(14)18)9-6-7-13(20-2)11(17)8-9/h3-8,15,19H,1-2H3. The highest BCUT2D eigenvalue weighted by Gasteiger charge is 2.20. The molecule has 1 atom stereocenters. The molecule has 0 fully saturated rings. The number of hydrogen-bond acceptors (Lipinski definition) is 2. The average molecular weight is 359 g/mol. The fraction of sp³-hybridized carbons (Fsp3) is 0.200. The van der Waals surface area contributed by atoms with Gasteiger partial charge in [0, 0.05) is 10.0 Å². The Morgan fingerprint density at radius 1 is 1.30 bits per heavy atom. The van der Waals surface area contributed by atoms with Gasteiger partial charge in [-0.1, -0.05) is 39.7 Å². The molecule has 0 saturated carbocycles. The normalized spacial score (nSPS) is 12.2. The quantitative estimate of drug-likeness (QED) is 0.865. The first kappa shape index (κ1) is 15.3. The van der Waals surface area contributed by atoms with Gasteiger partial charge in [0.2, 0.25) is 0 Å². The molecule has 0 spiro atoms. The molecule has 2 aromatic carbocycles.